The molecule has 2 heterocycles. The van der Waals surface area contributed by atoms with E-state index in [2.05, 4.69) is 4.98 Å². The van der Waals surface area contributed by atoms with Crippen molar-refractivity contribution in [2.24, 2.45) is 0 Å². The van der Waals surface area contributed by atoms with E-state index in [9.17, 15) is 18.0 Å². The highest BCUT2D eigenvalue weighted by Gasteiger charge is 2.30. The number of hydrogen-bond acceptors (Lipinski definition) is 5. The number of carbonyl (C=O) groups excluding carboxylic acids is 1. The van der Waals surface area contributed by atoms with Crippen molar-refractivity contribution < 1.29 is 22.7 Å². The van der Waals surface area contributed by atoms with E-state index in [1.807, 2.05) is 17.5 Å². The molecular formula is C17H12F3NO2S2. The lowest BCUT2D eigenvalue weighted by Gasteiger charge is -2.06. The smallest absolute Gasteiger partial charge is 0.416 e. The standard InChI is InChI=1S/C17H12F3NO2S2/c18-17(19,20)12-5-3-11(4-6-12)16-21-13(10-25-16)9-23-15(22)8-14-2-1-7-24-14/h1-7,10H,8-9H2. The molecule has 0 bridgehead atoms. The van der Waals surface area contributed by atoms with Crippen LogP contribution in [0.5, 0.6) is 0 Å². The van der Waals surface area contributed by atoms with Gasteiger partial charge in [-0.2, -0.15) is 13.2 Å². The summed E-state index contributed by atoms with van der Waals surface area (Å²) in [5.74, 6) is -0.341. The Balaban J connectivity index is 1.59. The molecule has 0 aliphatic rings. The maximum Gasteiger partial charge on any atom is 0.416 e. The lowest BCUT2D eigenvalue weighted by molar-refractivity contribution is -0.144. The van der Waals surface area contributed by atoms with Crippen LogP contribution in [0.3, 0.4) is 0 Å². The second-order valence-electron chi connectivity index (χ2n) is 5.14. The zero-order chi connectivity index (χ0) is 17.9. The number of esters is 1. The fourth-order valence-corrected chi connectivity index (χ4v) is 3.57. The molecule has 8 heteroatoms. The number of nitrogens with zero attached hydrogens (tertiary/aromatic N) is 1. The second kappa shape index (κ2) is 7.37. The zero-order valence-corrected chi connectivity index (χ0v) is 14.4. The SMILES string of the molecule is O=C(Cc1cccs1)OCc1csc(-c2ccc(C(F)(F)F)cc2)n1. The van der Waals surface area contributed by atoms with Gasteiger partial charge in [-0.15, -0.1) is 22.7 Å². The summed E-state index contributed by atoms with van der Waals surface area (Å²) < 4.78 is 42.9. The van der Waals surface area contributed by atoms with Crippen molar-refractivity contribution >= 4 is 28.6 Å². The van der Waals surface area contributed by atoms with E-state index in [1.54, 1.807) is 5.38 Å². The molecule has 0 atom stereocenters. The molecule has 0 amide bonds. The first-order valence-electron chi connectivity index (χ1n) is 7.22. The minimum absolute atomic E-state index is 0.0430. The van der Waals surface area contributed by atoms with Gasteiger partial charge in [0.2, 0.25) is 0 Å². The van der Waals surface area contributed by atoms with Gasteiger partial charge in [0.25, 0.3) is 0 Å². The summed E-state index contributed by atoms with van der Waals surface area (Å²) in [6.07, 6.45) is -4.14. The summed E-state index contributed by atoms with van der Waals surface area (Å²) >= 11 is 2.77. The van der Waals surface area contributed by atoms with E-state index in [4.69, 9.17) is 4.74 Å². The Bertz CT molecular complexity index is 840. The van der Waals surface area contributed by atoms with Gasteiger partial charge >= 0.3 is 12.1 Å². The molecule has 130 valence electrons. The fourth-order valence-electron chi connectivity index (χ4n) is 2.07. The van der Waals surface area contributed by atoms with E-state index in [-0.39, 0.29) is 19.0 Å². The third-order valence-corrected chi connectivity index (χ3v) is 5.11. The number of halogens is 3. The number of rotatable bonds is 5. The highest BCUT2D eigenvalue weighted by atomic mass is 32.1. The Kier molecular flexibility index (Phi) is 5.19. The van der Waals surface area contributed by atoms with Gasteiger partial charge in [0.15, 0.2) is 0 Å². The van der Waals surface area contributed by atoms with E-state index in [0.717, 1.165) is 17.0 Å². The zero-order valence-electron chi connectivity index (χ0n) is 12.7. The summed E-state index contributed by atoms with van der Waals surface area (Å²) in [6.45, 7) is 0.0430. The summed E-state index contributed by atoms with van der Waals surface area (Å²) in [6, 6.07) is 8.54. The molecule has 0 aliphatic heterocycles. The van der Waals surface area contributed by atoms with Crippen LogP contribution in [0.4, 0.5) is 13.2 Å². The number of ether oxygens (including phenoxy) is 1. The lowest BCUT2D eigenvalue weighted by Crippen LogP contribution is -2.07. The van der Waals surface area contributed by atoms with Crippen molar-refractivity contribution in [3.8, 4) is 10.6 Å². The summed E-state index contributed by atoms with van der Waals surface area (Å²) in [4.78, 5) is 17.0. The maximum atomic E-state index is 12.6. The van der Waals surface area contributed by atoms with Gasteiger partial charge in [-0.1, -0.05) is 18.2 Å². The van der Waals surface area contributed by atoms with Gasteiger partial charge in [-0.3, -0.25) is 4.79 Å². The number of carbonyl (C=O) groups is 1. The number of aromatic nitrogens is 1. The number of thiophene rings is 1. The average Bonchev–Trinajstić information content (AvgIpc) is 3.24. The lowest BCUT2D eigenvalue weighted by atomic mass is 10.1. The largest absolute Gasteiger partial charge is 0.459 e. The van der Waals surface area contributed by atoms with Crippen molar-refractivity contribution in [3.05, 3.63) is 63.3 Å². The Morgan fingerprint density at radius 3 is 2.52 bits per heavy atom. The summed E-state index contributed by atoms with van der Waals surface area (Å²) in [5, 5.41) is 4.20. The van der Waals surface area contributed by atoms with Crippen molar-refractivity contribution in [1.82, 2.24) is 4.98 Å². The predicted molar refractivity (Wildman–Crippen MR) is 90.4 cm³/mol. The number of thiazole rings is 1. The molecular weight excluding hydrogens is 371 g/mol. The van der Waals surface area contributed by atoms with Crippen LogP contribution in [0, 0.1) is 0 Å². The summed E-state index contributed by atoms with van der Waals surface area (Å²) in [5.41, 5.74) is 0.462. The van der Waals surface area contributed by atoms with Gasteiger partial charge in [-0.25, -0.2) is 4.98 Å². The molecule has 1 aromatic carbocycles. The molecule has 3 nitrogen and oxygen atoms in total. The van der Waals surface area contributed by atoms with E-state index < -0.39 is 11.7 Å². The summed E-state index contributed by atoms with van der Waals surface area (Å²) in [7, 11) is 0. The first-order chi connectivity index (χ1) is 11.9. The highest BCUT2D eigenvalue weighted by molar-refractivity contribution is 7.13. The number of benzene rings is 1. The van der Waals surface area contributed by atoms with Crippen LogP contribution in [0.25, 0.3) is 10.6 Å². The van der Waals surface area contributed by atoms with Crippen LogP contribution in [0.2, 0.25) is 0 Å². The first-order valence-corrected chi connectivity index (χ1v) is 8.98. The molecule has 25 heavy (non-hydrogen) atoms. The van der Waals surface area contributed by atoms with Crippen molar-refractivity contribution in [3.63, 3.8) is 0 Å². The first kappa shape index (κ1) is 17.6. The number of alkyl halides is 3. The molecule has 3 aromatic rings. The molecule has 3 rings (SSSR count). The minimum atomic E-state index is -4.36. The molecule has 0 N–H and O–H groups in total. The van der Waals surface area contributed by atoms with Gasteiger partial charge in [0.1, 0.15) is 11.6 Å². The Hall–Kier alpha value is -2.19. The molecule has 0 spiro atoms. The molecule has 0 radical (unpaired) electrons. The Morgan fingerprint density at radius 1 is 1.12 bits per heavy atom. The molecule has 2 aromatic heterocycles. The van der Waals surface area contributed by atoms with Crippen LogP contribution in [-0.4, -0.2) is 11.0 Å². The van der Waals surface area contributed by atoms with Crippen molar-refractivity contribution in [1.29, 1.82) is 0 Å². The average molecular weight is 383 g/mol. The minimum Gasteiger partial charge on any atom is -0.459 e. The number of hydrogen-bond donors (Lipinski definition) is 0. The van der Waals surface area contributed by atoms with Gasteiger partial charge in [-0.05, 0) is 23.6 Å². The van der Waals surface area contributed by atoms with Crippen LogP contribution >= 0.6 is 22.7 Å². The second-order valence-corrected chi connectivity index (χ2v) is 7.03. The molecule has 0 unspecified atom stereocenters. The molecule has 0 aliphatic carbocycles. The highest BCUT2D eigenvalue weighted by Crippen LogP contribution is 2.31. The van der Waals surface area contributed by atoms with Gasteiger partial charge in [0, 0.05) is 15.8 Å². The topological polar surface area (TPSA) is 39.2 Å². The quantitative estimate of drug-likeness (QED) is 0.570. The maximum absolute atomic E-state index is 12.6. The van der Waals surface area contributed by atoms with E-state index in [1.165, 1.54) is 34.8 Å². The van der Waals surface area contributed by atoms with Gasteiger partial charge < -0.3 is 4.74 Å². The van der Waals surface area contributed by atoms with Crippen LogP contribution in [0.1, 0.15) is 16.1 Å². The Morgan fingerprint density at radius 2 is 1.88 bits per heavy atom. The molecule has 0 fully saturated rings. The molecule has 0 saturated carbocycles. The third-order valence-electron chi connectivity index (χ3n) is 3.29. The van der Waals surface area contributed by atoms with Crippen LogP contribution < -0.4 is 0 Å². The third kappa shape index (κ3) is 4.67. The van der Waals surface area contributed by atoms with Crippen molar-refractivity contribution in [2.75, 3.05) is 0 Å². The van der Waals surface area contributed by atoms with Gasteiger partial charge in [0.05, 0.1) is 17.7 Å². The predicted octanol–water partition coefficient (Wildman–Crippen LogP) is 5.18. The fraction of sp³-hybridized carbons (Fsp3) is 0.176. The Labute approximate surface area is 149 Å². The van der Waals surface area contributed by atoms with E-state index >= 15 is 0 Å². The molecule has 0 saturated heterocycles. The van der Waals surface area contributed by atoms with Crippen LogP contribution in [-0.2, 0) is 28.7 Å². The van der Waals surface area contributed by atoms with Crippen molar-refractivity contribution in [2.45, 2.75) is 19.2 Å². The monoisotopic (exact) mass is 383 g/mol. The normalized spacial score (nSPS) is 11.5. The van der Waals surface area contributed by atoms with E-state index in [0.29, 0.717) is 16.3 Å². The van der Waals surface area contributed by atoms with Crippen LogP contribution in [0.15, 0.2) is 47.2 Å².